The summed E-state index contributed by atoms with van der Waals surface area (Å²) in [5, 5.41) is 11.5. The highest BCUT2D eigenvalue weighted by Gasteiger charge is 2.16. The second kappa shape index (κ2) is 7.80. The quantitative estimate of drug-likeness (QED) is 0.516. The van der Waals surface area contributed by atoms with Crippen LogP contribution >= 0.6 is 0 Å². The van der Waals surface area contributed by atoms with Gasteiger partial charge in [0, 0.05) is 29.2 Å². The normalized spacial score (nSPS) is 12.4. The third-order valence-corrected chi connectivity index (χ3v) is 5.40. The van der Waals surface area contributed by atoms with Gasteiger partial charge in [0.2, 0.25) is 0 Å². The summed E-state index contributed by atoms with van der Waals surface area (Å²) < 4.78 is 1.84. The first-order valence-electron chi connectivity index (χ1n) is 10.0. The van der Waals surface area contributed by atoms with E-state index in [2.05, 4.69) is 87.4 Å². The molecule has 2 heterocycles. The molecular weight excluding hydrogens is 358 g/mol. The van der Waals surface area contributed by atoms with E-state index >= 15 is 0 Å². The first-order valence-corrected chi connectivity index (χ1v) is 10.0. The standard InChI is InChI=1S/C24H23N5/c1-2-6-18(7-3-1)21-14-20-11-10-19-8-4-5-9-22(19)28-23(20)15-24(21)26-12-13-29-17-25-16-27-29/h1-9,14-17,26,28H,10-13H2. The van der Waals surface area contributed by atoms with E-state index in [4.69, 9.17) is 0 Å². The van der Waals surface area contributed by atoms with Crippen LogP contribution in [0.4, 0.5) is 17.1 Å². The lowest BCUT2D eigenvalue weighted by Crippen LogP contribution is -2.12. The average molecular weight is 381 g/mol. The van der Waals surface area contributed by atoms with E-state index < -0.39 is 0 Å². The summed E-state index contributed by atoms with van der Waals surface area (Å²) in [6.07, 6.45) is 5.39. The smallest absolute Gasteiger partial charge is 0.137 e. The number of nitrogens with one attached hydrogen (secondary N) is 2. The molecule has 5 nitrogen and oxygen atoms in total. The Morgan fingerprint density at radius 3 is 2.59 bits per heavy atom. The zero-order valence-corrected chi connectivity index (χ0v) is 16.2. The average Bonchev–Trinajstić information content (AvgIpc) is 3.21. The lowest BCUT2D eigenvalue weighted by atomic mass is 9.97. The van der Waals surface area contributed by atoms with Crippen molar-refractivity contribution in [3.05, 3.63) is 90.5 Å². The van der Waals surface area contributed by atoms with Crippen molar-refractivity contribution in [3.8, 4) is 11.1 Å². The summed E-state index contributed by atoms with van der Waals surface area (Å²) in [5.74, 6) is 0. The van der Waals surface area contributed by atoms with Crippen LogP contribution in [0.1, 0.15) is 11.1 Å². The molecule has 1 aliphatic heterocycles. The number of para-hydroxylation sites is 1. The fourth-order valence-electron chi connectivity index (χ4n) is 3.90. The van der Waals surface area contributed by atoms with E-state index in [0.717, 1.165) is 31.6 Å². The number of fused-ring (bicyclic) bond motifs is 2. The molecule has 0 fully saturated rings. The molecule has 0 amide bonds. The van der Waals surface area contributed by atoms with Gasteiger partial charge in [-0.3, -0.25) is 4.68 Å². The Morgan fingerprint density at radius 2 is 1.72 bits per heavy atom. The van der Waals surface area contributed by atoms with Crippen LogP contribution in [0.15, 0.2) is 79.4 Å². The number of hydrogen-bond donors (Lipinski definition) is 2. The third-order valence-electron chi connectivity index (χ3n) is 5.40. The summed E-state index contributed by atoms with van der Waals surface area (Å²) in [6, 6.07) is 23.7. The molecule has 0 unspecified atom stereocenters. The van der Waals surface area contributed by atoms with E-state index in [1.54, 1.807) is 12.7 Å². The molecule has 5 heteroatoms. The molecule has 0 radical (unpaired) electrons. The number of hydrogen-bond acceptors (Lipinski definition) is 4. The summed E-state index contributed by atoms with van der Waals surface area (Å²) in [5.41, 5.74) is 8.68. The minimum absolute atomic E-state index is 0.765. The van der Waals surface area contributed by atoms with Crippen LogP contribution in [0.25, 0.3) is 11.1 Å². The van der Waals surface area contributed by atoms with E-state index in [1.807, 2.05) is 4.68 Å². The highest BCUT2D eigenvalue weighted by molar-refractivity contribution is 5.84. The number of benzene rings is 3. The third kappa shape index (κ3) is 3.72. The van der Waals surface area contributed by atoms with Gasteiger partial charge in [0.1, 0.15) is 12.7 Å². The number of rotatable bonds is 5. The van der Waals surface area contributed by atoms with E-state index in [0.29, 0.717) is 0 Å². The maximum atomic E-state index is 4.19. The van der Waals surface area contributed by atoms with Crippen LogP contribution < -0.4 is 10.6 Å². The highest BCUT2D eigenvalue weighted by atomic mass is 15.3. The first-order chi connectivity index (χ1) is 14.4. The molecule has 0 saturated heterocycles. The summed E-state index contributed by atoms with van der Waals surface area (Å²) in [6.45, 7) is 1.54. The second-order valence-corrected chi connectivity index (χ2v) is 7.29. The zero-order valence-electron chi connectivity index (χ0n) is 16.2. The Kier molecular flexibility index (Phi) is 4.70. The minimum Gasteiger partial charge on any atom is -0.383 e. The molecule has 0 spiro atoms. The molecule has 1 aromatic heterocycles. The molecule has 1 aliphatic rings. The molecule has 0 atom stereocenters. The zero-order chi connectivity index (χ0) is 19.5. The molecule has 4 aromatic rings. The van der Waals surface area contributed by atoms with Crippen molar-refractivity contribution in [2.75, 3.05) is 17.2 Å². The van der Waals surface area contributed by atoms with Crippen molar-refractivity contribution in [3.63, 3.8) is 0 Å². The molecule has 2 N–H and O–H groups in total. The van der Waals surface area contributed by atoms with Gasteiger partial charge in [-0.2, -0.15) is 5.10 Å². The topological polar surface area (TPSA) is 54.8 Å². The Bertz CT molecular complexity index is 1100. The maximum absolute atomic E-state index is 4.19. The molecule has 0 bridgehead atoms. The number of nitrogens with zero attached hydrogens (tertiary/aromatic N) is 3. The molecule has 3 aromatic carbocycles. The summed E-state index contributed by atoms with van der Waals surface area (Å²) in [4.78, 5) is 4.02. The van der Waals surface area contributed by atoms with Gasteiger partial charge >= 0.3 is 0 Å². The maximum Gasteiger partial charge on any atom is 0.137 e. The fraction of sp³-hybridized carbons (Fsp3) is 0.167. The van der Waals surface area contributed by atoms with Gasteiger partial charge in [0.15, 0.2) is 0 Å². The predicted octanol–water partition coefficient (Wildman–Crippen LogP) is 4.90. The predicted molar refractivity (Wildman–Crippen MR) is 118 cm³/mol. The van der Waals surface area contributed by atoms with E-state index in [-0.39, 0.29) is 0 Å². The van der Waals surface area contributed by atoms with Gasteiger partial charge in [-0.05, 0) is 47.7 Å². The largest absolute Gasteiger partial charge is 0.383 e. The Morgan fingerprint density at radius 1 is 0.897 bits per heavy atom. The summed E-state index contributed by atoms with van der Waals surface area (Å²) in [7, 11) is 0. The van der Waals surface area contributed by atoms with Gasteiger partial charge in [-0.25, -0.2) is 4.98 Å². The van der Waals surface area contributed by atoms with Gasteiger partial charge < -0.3 is 10.6 Å². The van der Waals surface area contributed by atoms with Crippen molar-refractivity contribution in [2.24, 2.45) is 0 Å². The molecule has 0 aliphatic carbocycles. The van der Waals surface area contributed by atoms with Crippen molar-refractivity contribution in [1.29, 1.82) is 0 Å². The van der Waals surface area contributed by atoms with Crippen LogP contribution in [-0.2, 0) is 19.4 Å². The Hall–Kier alpha value is -3.60. The van der Waals surface area contributed by atoms with Crippen molar-refractivity contribution in [1.82, 2.24) is 14.8 Å². The lowest BCUT2D eigenvalue weighted by molar-refractivity contribution is 0.636. The van der Waals surface area contributed by atoms with E-state index in [1.165, 1.54) is 33.6 Å². The van der Waals surface area contributed by atoms with Gasteiger partial charge in [0.25, 0.3) is 0 Å². The minimum atomic E-state index is 0.765. The molecule has 0 saturated carbocycles. The van der Waals surface area contributed by atoms with Crippen LogP contribution in [-0.4, -0.2) is 21.3 Å². The Balaban J connectivity index is 1.50. The SMILES string of the molecule is c1ccc(-c2cc3c(cc2NCCn2cncn2)Nc2ccccc2CC3)cc1. The number of aryl methyl sites for hydroxylation is 2. The lowest BCUT2D eigenvalue weighted by Gasteiger charge is -2.18. The fourth-order valence-corrected chi connectivity index (χ4v) is 3.90. The van der Waals surface area contributed by atoms with Crippen LogP contribution in [0, 0.1) is 0 Å². The first kappa shape index (κ1) is 17.5. The molecule has 5 rings (SSSR count). The van der Waals surface area contributed by atoms with Crippen LogP contribution in [0.2, 0.25) is 0 Å². The van der Waals surface area contributed by atoms with Gasteiger partial charge in [-0.15, -0.1) is 0 Å². The second-order valence-electron chi connectivity index (χ2n) is 7.29. The molecular formula is C24H23N5. The van der Waals surface area contributed by atoms with Crippen LogP contribution in [0.3, 0.4) is 0 Å². The van der Waals surface area contributed by atoms with Gasteiger partial charge in [0.05, 0.1) is 6.54 Å². The number of aromatic nitrogens is 3. The van der Waals surface area contributed by atoms with Crippen molar-refractivity contribution < 1.29 is 0 Å². The highest BCUT2D eigenvalue weighted by Crippen LogP contribution is 2.37. The summed E-state index contributed by atoms with van der Waals surface area (Å²) >= 11 is 0. The molecule has 29 heavy (non-hydrogen) atoms. The van der Waals surface area contributed by atoms with E-state index in [9.17, 15) is 0 Å². The van der Waals surface area contributed by atoms with Gasteiger partial charge in [-0.1, -0.05) is 48.5 Å². The van der Waals surface area contributed by atoms with Crippen molar-refractivity contribution >= 4 is 17.1 Å². The monoisotopic (exact) mass is 381 g/mol. The van der Waals surface area contributed by atoms with Crippen molar-refractivity contribution in [2.45, 2.75) is 19.4 Å². The van der Waals surface area contributed by atoms with Crippen LogP contribution in [0.5, 0.6) is 0 Å². The number of anilines is 3. The molecule has 144 valence electrons. The Labute approximate surface area is 170 Å².